The van der Waals surface area contributed by atoms with Gasteiger partial charge < -0.3 is 10.5 Å². The number of nitrogens with zero attached hydrogens (tertiary/aromatic N) is 1. The zero-order valence-electron chi connectivity index (χ0n) is 8.91. The maximum Gasteiger partial charge on any atom is 0.153 e. The molecule has 2 aromatic rings. The zero-order valence-corrected chi connectivity index (χ0v) is 8.91. The highest BCUT2D eigenvalue weighted by molar-refractivity contribution is 5.22. The van der Waals surface area contributed by atoms with Crippen molar-refractivity contribution in [3.63, 3.8) is 0 Å². The van der Waals surface area contributed by atoms with E-state index in [9.17, 15) is 0 Å². The molecule has 0 saturated carbocycles. The largest absolute Gasteiger partial charge is 0.483 e. The first kappa shape index (κ1) is 10.6. The molecule has 1 heterocycles. The molecule has 16 heavy (non-hydrogen) atoms. The number of rotatable bonds is 4. The minimum absolute atomic E-state index is 0.191. The number of hydrogen-bond donors (Lipinski definition) is 1. The second kappa shape index (κ2) is 5.28. The number of hydrogen-bond acceptors (Lipinski definition) is 3. The minimum Gasteiger partial charge on any atom is -0.483 e. The van der Waals surface area contributed by atoms with Crippen LogP contribution in [0, 0.1) is 0 Å². The number of ether oxygens (including phenoxy) is 1. The van der Waals surface area contributed by atoms with Crippen LogP contribution < -0.4 is 10.5 Å². The van der Waals surface area contributed by atoms with Gasteiger partial charge >= 0.3 is 0 Å². The lowest BCUT2D eigenvalue weighted by Crippen LogP contribution is -2.19. The Balaban J connectivity index is 2.13. The smallest absolute Gasteiger partial charge is 0.153 e. The average molecular weight is 214 g/mol. The van der Waals surface area contributed by atoms with Crippen LogP contribution in [-0.2, 0) is 0 Å². The third-order valence-corrected chi connectivity index (χ3v) is 2.25. The molecule has 0 aliphatic heterocycles. The molecule has 0 fully saturated rings. The summed E-state index contributed by atoms with van der Waals surface area (Å²) in [6.07, 6.45) is 1.55. The van der Waals surface area contributed by atoms with Gasteiger partial charge in [0.1, 0.15) is 5.75 Å². The summed E-state index contributed by atoms with van der Waals surface area (Å²) in [4.78, 5) is 4.24. The van der Waals surface area contributed by atoms with Crippen molar-refractivity contribution in [3.8, 4) is 5.75 Å². The molecule has 3 nitrogen and oxygen atoms in total. The summed E-state index contributed by atoms with van der Waals surface area (Å²) in [6.45, 7) is 0.409. The Hall–Kier alpha value is -1.87. The van der Waals surface area contributed by atoms with Crippen molar-refractivity contribution in [2.45, 2.75) is 6.10 Å². The Morgan fingerprint density at radius 2 is 1.81 bits per heavy atom. The van der Waals surface area contributed by atoms with Crippen molar-refractivity contribution < 1.29 is 4.74 Å². The summed E-state index contributed by atoms with van der Waals surface area (Å²) < 4.78 is 5.76. The molecule has 2 N–H and O–H groups in total. The third-order valence-electron chi connectivity index (χ3n) is 2.25. The lowest BCUT2D eigenvalue weighted by Gasteiger charge is -2.16. The monoisotopic (exact) mass is 214 g/mol. The van der Waals surface area contributed by atoms with Crippen LogP contribution in [0.5, 0.6) is 5.75 Å². The third kappa shape index (κ3) is 2.58. The van der Waals surface area contributed by atoms with Crippen molar-refractivity contribution in [2.24, 2.45) is 5.73 Å². The number of para-hydroxylation sites is 1. The van der Waals surface area contributed by atoms with E-state index in [4.69, 9.17) is 10.5 Å². The van der Waals surface area contributed by atoms with Crippen LogP contribution in [0.2, 0.25) is 0 Å². The Morgan fingerprint density at radius 3 is 2.44 bits per heavy atom. The van der Waals surface area contributed by atoms with Gasteiger partial charge in [0, 0.05) is 12.7 Å². The molecule has 0 amide bonds. The molecule has 0 spiro atoms. The first-order valence-electron chi connectivity index (χ1n) is 5.23. The maximum atomic E-state index is 5.76. The molecule has 2 rings (SSSR count). The van der Waals surface area contributed by atoms with Gasteiger partial charge in [-0.1, -0.05) is 24.3 Å². The lowest BCUT2D eigenvalue weighted by molar-refractivity contribution is 0.209. The minimum atomic E-state index is -0.191. The normalized spacial score (nSPS) is 12.1. The number of nitrogens with two attached hydrogens (primary N) is 1. The van der Waals surface area contributed by atoms with Gasteiger partial charge in [-0.05, 0) is 24.3 Å². The fourth-order valence-corrected chi connectivity index (χ4v) is 1.46. The number of pyridine rings is 1. The van der Waals surface area contributed by atoms with E-state index in [1.807, 2.05) is 48.5 Å². The van der Waals surface area contributed by atoms with E-state index in [-0.39, 0.29) is 6.10 Å². The first-order valence-corrected chi connectivity index (χ1v) is 5.23. The number of benzene rings is 1. The van der Waals surface area contributed by atoms with Gasteiger partial charge in [0.15, 0.2) is 6.10 Å². The second-order valence-corrected chi connectivity index (χ2v) is 3.41. The summed E-state index contributed by atoms with van der Waals surface area (Å²) in [5.74, 6) is 0.809. The van der Waals surface area contributed by atoms with Crippen LogP contribution in [0.15, 0.2) is 54.7 Å². The molecule has 1 unspecified atom stereocenters. The van der Waals surface area contributed by atoms with Gasteiger partial charge in [-0.25, -0.2) is 0 Å². The summed E-state index contributed by atoms with van der Waals surface area (Å²) in [5, 5.41) is 0. The SMILES string of the molecule is NCC(Oc1ccccc1)c1ccccn1. The Labute approximate surface area is 94.9 Å². The molecule has 1 atom stereocenters. The molecule has 0 saturated heterocycles. The molecule has 0 aliphatic carbocycles. The van der Waals surface area contributed by atoms with Crippen molar-refractivity contribution in [3.05, 3.63) is 60.4 Å². The van der Waals surface area contributed by atoms with Crippen molar-refractivity contribution >= 4 is 0 Å². The standard InChI is InChI=1S/C13H14N2O/c14-10-13(12-8-4-5-9-15-12)16-11-6-2-1-3-7-11/h1-9,13H,10,14H2. The second-order valence-electron chi connectivity index (χ2n) is 3.41. The molecule has 1 aromatic carbocycles. The molecule has 1 aromatic heterocycles. The van der Waals surface area contributed by atoms with E-state index >= 15 is 0 Å². The van der Waals surface area contributed by atoms with Gasteiger partial charge in [0.2, 0.25) is 0 Å². The summed E-state index contributed by atoms with van der Waals surface area (Å²) in [5.41, 5.74) is 6.54. The highest BCUT2D eigenvalue weighted by Gasteiger charge is 2.11. The van der Waals surface area contributed by atoms with Gasteiger partial charge in [0.25, 0.3) is 0 Å². The van der Waals surface area contributed by atoms with E-state index in [0.717, 1.165) is 11.4 Å². The van der Waals surface area contributed by atoms with Crippen LogP contribution in [0.4, 0.5) is 0 Å². The predicted molar refractivity (Wildman–Crippen MR) is 63.1 cm³/mol. The topological polar surface area (TPSA) is 48.1 Å². The predicted octanol–water partition coefficient (Wildman–Crippen LogP) is 2.16. The molecule has 82 valence electrons. The Kier molecular flexibility index (Phi) is 3.51. The summed E-state index contributed by atoms with van der Waals surface area (Å²) >= 11 is 0. The summed E-state index contributed by atoms with van der Waals surface area (Å²) in [7, 11) is 0. The van der Waals surface area contributed by atoms with E-state index in [2.05, 4.69) is 4.98 Å². The molecule has 3 heteroatoms. The average Bonchev–Trinajstić information content (AvgIpc) is 2.38. The van der Waals surface area contributed by atoms with Gasteiger partial charge in [-0.3, -0.25) is 4.98 Å². The highest BCUT2D eigenvalue weighted by atomic mass is 16.5. The quantitative estimate of drug-likeness (QED) is 0.848. The van der Waals surface area contributed by atoms with Crippen molar-refractivity contribution in [1.82, 2.24) is 4.98 Å². The lowest BCUT2D eigenvalue weighted by atomic mass is 10.2. The van der Waals surface area contributed by atoms with Crippen LogP contribution >= 0.6 is 0 Å². The molecular formula is C13H14N2O. The number of aromatic nitrogens is 1. The van der Waals surface area contributed by atoms with Gasteiger partial charge in [-0.2, -0.15) is 0 Å². The van der Waals surface area contributed by atoms with E-state index in [0.29, 0.717) is 6.54 Å². The fraction of sp³-hybridized carbons (Fsp3) is 0.154. The van der Waals surface area contributed by atoms with Crippen LogP contribution in [0.3, 0.4) is 0 Å². The van der Waals surface area contributed by atoms with E-state index in [1.54, 1.807) is 6.20 Å². The molecular weight excluding hydrogens is 200 g/mol. The Bertz CT molecular complexity index is 416. The highest BCUT2D eigenvalue weighted by Crippen LogP contribution is 2.18. The van der Waals surface area contributed by atoms with Crippen molar-refractivity contribution in [2.75, 3.05) is 6.54 Å². The molecule has 0 bridgehead atoms. The van der Waals surface area contributed by atoms with Crippen LogP contribution in [-0.4, -0.2) is 11.5 Å². The first-order chi connectivity index (χ1) is 7.90. The van der Waals surface area contributed by atoms with E-state index < -0.39 is 0 Å². The van der Waals surface area contributed by atoms with E-state index in [1.165, 1.54) is 0 Å². The molecule has 0 radical (unpaired) electrons. The van der Waals surface area contributed by atoms with Crippen LogP contribution in [0.25, 0.3) is 0 Å². The zero-order chi connectivity index (χ0) is 11.2. The van der Waals surface area contributed by atoms with Crippen molar-refractivity contribution in [1.29, 1.82) is 0 Å². The van der Waals surface area contributed by atoms with Crippen LogP contribution in [0.1, 0.15) is 11.8 Å². The molecule has 0 aliphatic rings. The maximum absolute atomic E-state index is 5.76. The Morgan fingerprint density at radius 1 is 1.06 bits per heavy atom. The fourth-order valence-electron chi connectivity index (χ4n) is 1.46. The van der Waals surface area contributed by atoms with Gasteiger partial charge in [0.05, 0.1) is 5.69 Å². The van der Waals surface area contributed by atoms with Gasteiger partial charge in [-0.15, -0.1) is 0 Å². The summed E-state index contributed by atoms with van der Waals surface area (Å²) in [6, 6.07) is 15.4.